The van der Waals surface area contributed by atoms with Crippen LogP contribution in [0.25, 0.3) is 0 Å². The Morgan fingerprint density at radius 3 is 2.70 bits per heavy atom. The number of nitrogens with two attached hydrogens (primary N) is 1. The summed E-state index contributed by atoms with van der Waals surface area (Å²) in [4.78, 5) is 20.2. The summed E-state index contributed by atoms with van der Waals surface area (Å²) in [5.74, 6) is 1.23. The number of ketones is 1. The molecule has 2 aromatic rings. The van der Waals surface area contributed by atoms with Gasteiger partial charge in [0.15, 0.2) is 5.78 Å². The van der Waals surface area contributed by atoms with Gasteiger partial charge in [-0.15, -0.1) is 0 Å². The molecule has 5 nitrogen and oxygen atoms in total. The lowest BCUT2D eigenvalue weighted by atomic mass is 9.82. The van der Waals surface area contributed by atoms with Gasteiger partial charge >= 0.3 is 0 Å². The number of nitrogens with zero attached hydrogens (tertiary/aromatic N) is 2. The van der Waals surface area contributed by atoms with Crippen molar-refractivity contribution >= 4 is 11.7 Å². The maximum absolute atomic E-state index is 12.2. The molecule has 0 aliphatic heterocycles. The number of ether oxygens (including phenoxy) is 1. The van der Waals surface area contributed by atoms with Gasteiger partial charge < -0.3 is 10.5 Å². The summed E-state index contributed by atoms with van der Waals surface area (Å²) in [5.41, 5.74) is 8.06. The van der Waals surface area contributed by atoms with Gasteiger partial charge in [-0.2, -0.15) is 0 Å². The fourth-order valence-corrected chi connectivity index (χ4v) is 2.57. The Balaban J connectivity index is 1.91. The number of anilines is 1. The van der Waals surface area contributed by atoms with E-state index in [2.05, 4.69) is 9.97 Å². The number of benzene rings is 1. The Bertz CT molecular complexity index is 653. The maximum Gasteiger partial charge on any atom is 0.220 e. The number of carbonyl (C=O) groups excluding carboxylic acids is 1. The smallest absolute Gasteiger partial charge is 0.220 e. The zero-order valence-corrected chi connectivity index (χ0v) is 11.2. The molecule has 0 radical (unpaired) electrons. The van der Waals surface area contributed by atoms with Crippen LogP contribution >= 0.6 is 0 Å². The monoisotopic (exact) mass is 269 g/mol. The lowest BCUT2D eigenvalue weighted by molar-refractivity contribution is 0.0963. The van der Waals surface area contributed by atoms with Crippen molar-refractivity contribution in [3.63, 3.8) is 0 Å². The molecule has 2 N–H and O–H groups in total. The van der Waals surface area contributed by atoms with Gasteiger partial charge in [0, 0.05) is 12.6 Å². The molecule has 0 saturated heterocycles. The number of carbonyl (C=O) groups is 1. The van der Waals surface area contributed by atoms with Crippen molar-refractivity contribution in [1.29, 1.82) is 0 Å². The third-order valence-corrected chi connectivity index (χ3v) is 3.65. The molecule has 1 aliphatic carbocycles. The van der Waals surface area contributed by atoms with Gasteiger partial charge in [0.05, 0.1) is 18.4 Å². The number of hydrogen-bond donors (Lipinski definition) is 1. The Morgan fingerprint density at radius 2 is 2.00 bits per heavy atom. The molecule has 0 amide bonds. The minimum Gasteiger partial charge on any atom is -0.497 e. The SMILES string of the molecule is COc1ccc([C@@H]2CC(=O)c3cnc(N)nc3C2)cc1. The second kappa shape index (κ2) is 4.92. The van der Waals surface area contributed by atoms with Crippen LogP contribution in [0.3, 0.4) is 0 Å². The molecule has 1 aromatic carbocycles. The minimum absolute atomic E-state index is 0.0760. The van der Waals surface area contributed by atoms with Crippen LogP contribution in [0.1, 0.15) is 34.0 Å². The first-order chi connectivity index (χ1) is 9.67. The van der Waals surface area contributed by atoms with E-state index in [1.807, 2.05) is 24.3 Å². The van der Waals surface area contributed by atoms with Crippen LogP contribution in [-0.2, 0) is 6.42 Å². The van der Waals surface area contributed by atoms with Crippen molar-refractivity contribution in [3.05, 3.63) is 47.3 Å². The Kier molecular flexibility index (Phi) is 3.10. The lowest BCUT2D eigenvalue weighted by Gasteiger charge is -2.23. The molecular weight excluding hydrogens is 254 g/mol. The van der Waals surface area contributed by atoms with Crippen molar-refractivity contribution in [2.75, 3.05) is 12.8 Å². The molecule has 20 heavy (non-hydrogen) atoms. The van der Waals surface area contributed by atoms with Gasteiger partial charge in [-0.1, -0.05) is 12.1 Å². The largest absolute Gasteiger partial charge is 0.497 e. The summed E-state index contributed by atoms with van der Waals surface area (Å²) < 4.78 is 5.15. The number of methoxy groups -OCH3 is 1. The third-order valence-electron chi connectivity index (χ3n) is 3.65. The molecule has 1 heterocycles. The summed E-state index contributed by atoms with van der Waals surface area (Å²) in [5, 5.41) is 0. The van der Waals surface area contributed by atoms with Crippen LogP contribution in [0.5, 0.6) is 5.75 Å². The summed E-state index contributed by atoms with van der Waals surface area (Å²) in [6.07, 6.45) is 2.72. The highest BCUT2D eigenvalue weighted by atomic mass is 16.5. The van der Waals surface area contributed by atoms with Gasteiger partial charge in [-0.25, -0.2) is 9.97 Å². The average Bonchev–Trinajstić information content (AvgIpc) is 2.46. The van der Waals surface area contributed by atoms with Crippen LogP contribution in [0.2, 0.25) is 0 Å². The van der Waals surface area contributed by atoms with Crippen molar-refractivity contribution in [2.24, 2.45) is 0 Å². The van der Waals surface area contributed by atoms with E-state index in [1.165, 1.54) is 6.20 Å². The minimum atomic E-state index is 0.0760. The maximum atomic E-state index is 12.2. The van der Waals surface area contributed by atoms with Gasteiger partial charge in [-0.05, 0) is 30.0 Å². The second-order valence-corrected chi connectivity index (χ2v) is 4.89. The first-order valence-corrected chi connectivity index (χ1v) is 6.46. The molecule has 1 aliphatic rings. The molecule has 0 saturated carbocycles. The fourth-order valence-electron chi connectivity index (χ4n) is 2.57. The third kappa shape index (κ3) is 2.22. The first-order valence-electron chi connectivity index (χ1n) is 6.46. The summed E-state index contributed by atoms with van der Waals surface area (Å²) in [6.45, 7) is 0. The normalized spacial score (nSPS) is 17.6. The van der Waals surface area contributed by atoms with E-state index in [0.29, 0.717) is 18.4 Å². The standard InChI is InChI=1S/C15H15N3O2/c1-20-11-4-2-9(3-5-11)10-6-13-12(14(19)7-10)8-17-15(16)18-13/h2-5,8,10H,6-7H2,1H3,(H2,16,17,18)/t10-/m0/s1. The summed E-state index contributed by atoms with van der Waals surface area (Å²) in [7, 11) is 1.63. The molecule has 3 rings (SSSR count). The lowest BCUT2D eigenvalue weighted by Crippen LogP contribution is -2.21. The van der Waals surface area contributed by atoms with Gasteiger partial charge in [0.1, 0.15) is 5.75 Å². The van der Waals surface area contributed by atoms with Gasteiger partial charge in [0.25, 0.3) is 0 Å². The van der Waals surface area contributed by atoms with Crippen LogP contribution in [0.4, 0.5) is 5.95 Å². The zero-order valence-electron chi connectivity index (χ0n) is 11.2. The Morgan fingerprint density at radius 1 is 1.25 bits per heavy atom. The fraction of sp³-hybridized carbons (Fsp3) is 0.267. The Hall–Kier alpha value is -2.43. The average molecular weight is 269 g/mol. The molecule has 1 atom stereocenters. The van der Waals surface area contributed by atoms with E-state index in [9.17, 15) is 4.79 Å². The Labute approximate surface area is 116 Å². The molecule has 0 spiro atoms. The number of aromatic nitrogens is 2. The van der Waals surface area contributed by atoms with E-state index in [1.54, 1.807) is 7.11 Å². The van der Waals surface area contributed by atoms with Crippen molar-refractivity contribution in [2.45, 2.75) is 18.8 Å². The molecular formula is C15H15N3O2. The van der Waals surface area contributed by atoms with Crippen LogP contribution in [-0.4, -0.2) is 22.9 Å². The number of rotatable bonds is 2. The van der Waals surface area contributed by atoms with Gasteiger partial charge in [0.2, 0.25) is 5.95 Å². The van der Waals surface area contributed by atoms with Crippen LogP contribution in [0.15, 0.2) is 30.5 Å². The van der Waals surface area contributed by atoms with Gasteiger partial charge in [-0.3, -0.25) is 4.79 Å². The summed E-state index contributed by atoms with van der Waals surface area (Å²) >= 11 is 0. The first kappa shape index (κ1) is 12.6. The van der Waals surface area contributed by atoms with E-state index in [-0.39, 0.29) is 17.6 Å². The van der Waals surface area contributed by atoms with Crippen molar-refractivity contribution in [1.82, 2.24) is 9.97 Å². The van der Waals surface area contributed by atoms with E-state index in [4.69, 9.17) is 10.5 Å². The molecule has 0 fully saturated rings. The van der Waals surface area contributed by atoms with E-state index < -0.39 is 0 Å². The molecule has 5 heteroatoms. The number of fused-ring (bicyclic) bond motifs is 1. The van der Waals surface area contributed by atoms with Crippen molar-refractivity contribution in [3.8, 4) is 5.75 Å². The van der Waals surface area contributed by atoms with Crippen molar-refractivity contribution < 1.29 is 9.53 Å². The topological polar surface area (TPSA) is 78.1 Å². The highest BCUT2D eigenvalue weighted by Crippen LogP contribution is 2.32. The zero-order chi connectivity index (χ0) is 14.1. The van der Waals surface area contributed by atoms with Crippen LogP contribution in [0, 0.1) is 0 Å². The quantitative estimate of drug-likeness (QED) is 0.902. The highest BCUT2D eigenvalue weighted by molar-refractivity contribution is 5.98. The second-order valence-electron chi connectivity index (χ2n) is 4.89. The van der Waals surface area contributed by atoms with Crippen LogP contribution < -0.4 is 10.5 Å². The van der Waals surface area contributed by atoms with E-state index >= 15 is 0 Å². The molecule has 1 aromatic heterocycles. The highest BCUT2D eigenvalue weighted by Gasteiger charge is 2.27. The molecule has 0 unspecified atom stereocenters. The summed E-state index contributed by atoms with van der Waals surface area (Å²) in [6, 6.07) is 7.80. The number of hydrogen-bond acceptors (Lipinski definition) is 5. The predicted molar refractivity (Wildman–Crippen MR) is 74.8 cm³/mol. The number of nitrogen functional groups attached to an aromatic ring is 1. The van der Waals surface area contributed by atoms with E-state index in [0.717, 1.165) is 17.0 Å². The molecule has 0 bridgehead atoms. The molecule has 102 valence electrons. The predicted octanol–water partition coefficient (Wildman–Crippen LogP) is 1.98. The number of Topliss-reactive ketones (excluding diaryl/α,β-unsaturated/α-hetero) is 1.